The van der Waals surface area contributed by atoms with Crippen molar-refractivity contribution in [2.75, 3.05) is 39.3 Å². The van der Waals surface area contributed by atoms with Gasteiger partial charge in [0, 0.05) is 51.5 Å². The number of rotatable bonds is 8. The Balaban J connectivity index is 1.67. The fraction of sp³-hybridized carbons (Fsp3) is 0.867. The molecule has 2 heterocycles. The zero-order chi connectivity index (χ0) is 15.1. The van der Waals surface area contributed by atoms with E-state index in [-0.39, 0.29) is 0 Å². The molecule has 21 heavy (non-hydrogen) atoms. The Bertz CT molecular complexity index is 395. The molecule has 120 valence electrons. The Kier molecular flexibility index (Phi) is 6.60. The van der Waals surface area contributed by atoms with Crippen LogP contribution in [0.4, 0.5) is 0 Å². The van der Waals surface area contributed by atoms with Gasteiger partial charge in [0.2, 0.25) is 0 Å². The second kappa shape index (κ2) is 8.46. The van der Waals surface area contributed by atoms with E-state index >= 15 is 0 Å². The van der Waals surface area contributed by atoms with E-state index in [9.17, 15) is 0 Å². The van der Waals surface area contributed by atoms with Gasteiger partial charge in [-0.3, -0.25) is 9.58 Å². The maximum Gasteiger partial charge on any atom is 0.0964 e. The molecule has 0 aromatic carbocycles. The first-order valence-corrected chi connectivity index (χ1v) is 8.24. The van der Waals surface area contributed by atoms with Gasteiger partial charge in [0.1, 0.15) is 0 Å². The van der Waals surface area contributed by atoms with Gasteiger partial charge in [-0.15, -0.1) is 5.10 Å². The number of aromatic nitrogens is 3. The average Bonchev–Trinajstić information content (AvgIpc) is 2.93. The minimum absolute atomic E-state index is 0.481. The predicted octanol–water partition coefficient (Wildman–Crippen LogP) is 0.804. The van der Waals surface area contributed by atoms with Crippen LogP contribution in [0.1, 0.15) is 32.9 Å². The molecule has 1 N–H and O–H groups in total. The Labute approximate surface area is 128 Å². The van der Waals surface area contributed by atoms with Crippen LogP contribution in [0.3, 0.4) is 0 Å². The van der Waals surface area contributed by atoms with E-state index in [0.29, 0.717) is 6.04 Å². The largest absolute Gasteiger partial charge is 0.309 e. The maximum absolute atomic E-state index is 4.21. The zero-order valence-electron chi connectivity index (χ0n) is 13.8. The summed E-state index contributed by atoms with van der Waals surface area (Å²) in [5.74, 6) is 0. The molecular weight excluding hydrogens is 264 g/mol. The van der Waals surface area contributed by atoms with Crippen LogP contribution < -0.4 is 5.32 Å². The number of nitrogens with zero attached hydrogens (tertiary/aromatic N) is 5. The van der Waals surface area contributed by atoms with Gasteiger partial charge in [0.15, 0.2) is 0 Å². The molecule has 6 nitrogen and oxygen atoms in total. The third kappa shape index (κ3) is 5.73. The molecule has 0 unspecified atom stereocenters. The first kappa shape index (κ1) is 16.4. The molecule has 0 atom stereocenters. The first-order chi connectivity index (χ1) is 10.2. The fourth-order valence-electron chi connectivity index (χ4n) is 2.63. The van der Waals surface area contributed by atoms with Crippen molar-refractivity contribution >= 4 is 0 Å². The summed E-state index contributed by atoms with van der Waals surface area (Å²) in [4.78, 5) is 5.08. The monoisotopic (exact) mass is 294 g/mol. The molecule has 0 spiro atoms. The van der Waals surface area contributed by atoms with Crippen molar-refractivity contribution in [1.29, 1.82) is 0 Å². The van der Waals surface area contributed by atoms with Crippen molar-refractivity contribution in [2.24, 2.45) is 0 Å². The first-order valence-electron chi connectivity index (χ1n) is 8.24. The summed E-state index contributed by atoms with van der Waals surface area (Å²) in [7, 11) is 0. The SMILES string of the molecule is CCCN1CCN(CCn2cc(CNC(C)C)nn2)CC1. The lowest BCUT2D eigenvalue weighted by atomic mass is 10.3. The summed E-state index contributed by atoms with van der Waals surface area (Å²) >= 11 is 0. The van der Waals surface area contributed by atoms with Gasteiger partial charge in [-0.2, -0.15) is 0 Å². The Hall–Kier alpha value is -0.980. The van der Waals surface area contributed by atoms with Gasteiger partial charge in [0.25, 0.3) is 0 Å². The summed E-state index contributed by atoms with van der Waals surface area (Å²) in [5.41, 5.74) is 1.02. The highest BCUT2D eigenvalue weighted by Gasteiger charge is 2.15. The van der Waals surface area contributed by atoms with Gasteiger partial charge < -0.3 is 10.2 Å². The Morgan fingerprint density at radius 3 is 2.38 bits per heavy atom. The van der Waals surface area contributed by atoms with Gasteiger partial charge in [-0.1, -0.05) is 26.0 Å². The van der Waals surface area contributed by atoms with Crippen molar-refractivity contribution in [3.05, 3.63) is 11.9 Å². The number of nitrogens with one attached hydrogen (secondary N) is 1. The fourth-order valence-corrected chi connectivity index (χ4v) is 2.63. The summed E-state index contributed by atoms with van der Waals surface area (Å²) in [6.45, 7) is 15.3. The van der Waals surface area contributed by atoms with E-state index in [1.807, 2.05) is 4.68 Å². The molecular formula is C15H30N6. The van der Waals surface area contributed by atoms with Crippen LogP contribution in [0.5, 0.6) is 0 Å². The standard InChI is InChI=1S/C15H30N6/c1-4-5-19-6-8-20(9-7-19)10-11-21-13-15(17-18-21)12-16-14(2)3/h13-14,16H,4-12H2,1-3H3. The van der Waals surface area contributed by atoms with Crippen LogP contribution in [0.2, 0.25) is 0 Å². The molecule has 0 aliphatic carbocycles. The van der Waals surface area contributed by atoms with Crippen LogP contribution in [-0.4, -0.2) is 70.1 Å². The Morgan fingerprint density at radius 1 is 1.10 bits per heavy atom. The van der Waals surface area contributed by atoms with Crippen LogP contribution in [-0.2, 0) is 13.1 Å². The quantitative estimate of drug-likeness (QED) is 0.769. The van der Waals surface area contributed by atoms with Crippen molar-refractivity contribution in [3.63, 3.8) is 0 Å². The summed E-state index contributed by atoms with van der Waals surface area (Å²) in [6, 6.07) is 0.481. The molecule has 1 aromatic heterocycles. The highest BCUT2D eigenvalue weighted by Crippen LogP contribution is 2.03. The maximum atomic E-state index is 4.21. The third-order valence-corrected chi connectivity index (χ3v) is 3.93. The highest BCUT2D eigenvalue weighted by atomic mass is 15.4. The van der Waals surface area contributed by atoms with E-state index in [1.165, 1.54) is 39.1 Å². The van der Waals surface area contributed by atoms with E-state index in [4.69, 9.17) is 0 Å². The van der Waals surface area contributed by atoms with E-state index in [2.05, 4.69) is 52.4 Å². The molecule has 0 bridgehead atoms. The topological polar surface area (TPSA) is 49.2 Å². The molecule has 0 saturated carbocycles. The van der Waals surface area contributed by atoms with Crippen molar-refractivity contribution in [3.8, 4) is 0 Å². The molecule has 6 heteroatoms. The smallest absolute Gasteiger partial charge is 0.0964 e. The summed E-state index contributed by atoms with van der Waals surface area (Å²) < 4.78 is 1.97. The highest BCUT2D eigenvalue weighted by molar-refractivity contribution is 4.91. The molecule has 0 amide bonds. The molecule has 1 aliphatic rings. The van der Waals surface area contributed by atoms with Gasteiger partial charge >= 0.3 is 0 Å². The minimum Gasteiger partial charge on any atom is -0.309 e. The molecule has 1 saturated heterocycles. The van der Waals surface area contributed by atoms with Gasteiger partial charge in [-0.25, -0.2) is 0 Å². The molecule has 2 rings (SSSR count). The van der Waals surface area contributed by atoms with Crippen LogP contribution in [0.25, 0.3) is 0 Å². The van der Waals surface area contributed by atoms with Crippen LogP contribution in [0, 0.1) is 0 Å². The lowest BCUT2D eigenvalue weighted by Crippen LogP contribution is -2.47. The predicted molar refractivity (Wildman–Crippen MR) is 85.2 cm³/mol. The van der Waals surface area contributed by atoms with Crippen LogP contribution >= 0.6 is 0 Å². The second-order valence-corrected chi connectivity index (χ2v) is 6.19. The zero-order valence-corrected chi connectivity index (χ0v) is 13.8. The normalized spacial score (nSPS) is 17.7. The Morgan fingerprint density at radius 2 is 1.76 bits per heavy atom. The number of hydrogen-bond acceptors (Lipinski definition) is 5. The van der Waals surface area contributed by atoms with E-state index in [1.54, 1.807) is 0 Å². The average molecular weight is 294 g/mol. The van der Waals surface area contributed by atoms with E-state index in [0.717, 1.165) is 25.3 Å². The minimum atomic E-state index is 0.481. The lowest BCUT2D eigenvalue weighted by Gasteiger charge is -2.34. The molecule has 1 fully saturated rings. The molecule has 1 aliphatic heterocycles. The molecule has 1 aromatic rings. The lowest BCUT2D eigenvalue weighted by molar-refractivity contribution is 0.128. The van der Waals surface area contributed by atoms with Gasteiger partial charge in [0.05, 0.1) is 12.2 Å². The number of piperazine rings is 1. The molecule has 0 radical (unpaired) electrons. The van der Waals surface area contributed by atoms with Crippen molar-refractivity contribution in [2.45, 2.75) is 46.3 Å². The third-order valence-electron chi connectivity index (χ3n) is 3.93. The second-order valence-electron chi connectivity index (χ2n) is 6.19. The van der Waals surface area contributed by atoms with Crippen LogP contribution in [0.15, 0.2) is 6.20 Å². The van der Waals surface area contributed by atoms with Crippen molar-refractivity contribution in [1.82, 2.24) is 30.1 Å². The summed E-state index contributed by atoms with van der Waals surface area (Å²) in [5, 5.41) is 11.8. The van der Waals surface area contributed by atoms with Gasteiger partial charge in [-0.05, 0) is 13.0 Å². The van der Waals surface area contributed by atoms with E-state index < -0.39 is 0 Å². The van der Waals surface area contributed by atoms with Crippen molar-refractivity contribution < 1.29 is 0 Å². The summed E-state index contributed by atoms with van der Waals surface area (Å²) in [6.07, 6.45) is 3.31. The number of hydrogen-bond donors (Lipinski definition) is 1.